The van der Waals surface area contributed by atoms with Crippen LogP contribution in [0.3, 0.4) is 0 Å². The van der Waals surface area contributed by atoms with Crippen molar-refractivity contribution < 1.29 is 14.7 Å². The second kappa shape index (κ2) is 7.91. The molecule has 1 heterocycles. The summed E-state index contributed by atoms with van der Waals surface area (Å²) >= 11 is 0. The minimum Gasteiger partial charge on any atom is -0.481 e. The Morgan fingerprint density at radius 3 is 2.80 bits per heavy atom. The number of terminal acetylenes is 1. The van der Waals surface area contributed by atoms with Gasteiger partial charge in [-0.1, -0.05) is 12.8 Å². The molecule has 0 radical (unpaired) electrons. The Bertz CT molecular complexity index is 389. The lowest BCUT2D eigenvalue weighted by Crippen LogP contribution is -2.50. The highest BCUT2D eigenvalue weighted by Crippen LogP contribution is 2.27. The molecular weight excluding hydrogens is 256 g/mol. The summed E-state index contributed by atoms with van der Waals surface area (Å²) in [5.41, 5.74) is 0. The first-order valence-corrected chi connectivity index (χ1v) is 7.12. The Morgan fingerprint density at radius 2 is 2.20 bits per heavy atom. The van der Waals surface area contributed by atoms with Crippen molar-refractivity contribution in [3.63, 3.8) is 0 Å². The Hall–Kier alpha value is -1.54. The molecule has 3 unspecified atom stereocenters. The maximum absolute atomic E-state index is 11.9. The van der Waals surface area contributed by atoms with Crippen molar-refractivity contribution in [2.75, 3.05) is 19.6 Å². The number of carbonyl (C=O) groups is 2. The third-order valence-electron chi connectivity index (χ3n) is 4.08. The highest BCUT2D eigenvalue weighted by Gasteiger charge is 2.30. The standard InChI is InChI=1S/C15H24N2O3/c1-4-7-16-15(20)12(3)17-8-5-6-13(10-17)11(2)9-14(18)19/h1,11-13H,5-10H2,2-3H3,(H,16,20)(H,18,19). The highest BCUT2D eigenvalue weighted by molar-refractivity contribution is 5.81. The number of hydrogen-bond donors (Lipinski definition) is 2. The van der Waals surface area contributed by atoms with Crippen molar-refractivity contribution in [3.05, 3.63) is 0 Å². The Kier molecular flexibility index (Phi) is 6.53. The minimum atomic E-state index is -0.755. The zero-order valence-electron chi connectivity index (χ0n) is 12.3. The number of nitrogens with zero attached hydrogens (tertiary/aromatic N) is 1. The number of aliphatic carboxylic acids is 1. The van der Waals surface area contributed by atoms with Crippen molar-refractivity contribution in [2.45, 2.75) is 39.2 Å². The Morgan fingerprint density at radius 1 is 1.50 bits per heavy atom. The summed E-state index contributed by atoms with van der Waals surface area (Å²) in [4.78, 5) is 24.8. The first kappa shape index (κ1) is 16.5. The molecule has 0 bridgehead atoms. The summed E-state index contributed by atoms with van der Waals surface area (Å²) in [6, 6.07) is -0.219. The number of hydrogen-bond acceptors (Lipinski definition) is 3. The van der Waals surface area contributed by atoms with Crippen LogP contribution in [0.25, 0.3) is 0 Å². The molecule has 1 saturated heterocycles. The number of carboxylic acids is 1. The van der Waals surface area contributed by atoms with Crippen LogP contribution in [0.5, 0.6) is 0 Å². The summed E-state index contributed by atoms with van der Waals surface area (Å²) in [5.74, 6) is 2.04. The maximum Gasteiger partial charge on any atom is 0.303 e. The van der Waals surface area contributed by atoms with Gasteiger partial charge >= 0.3 is 5.97 Å². The number of amides is 1. The molecule has 0 saturated carbocycles. The van der Waals surface area contributed by atoms with Crippen molar-refractivity contribution >= 4 is 11.9 Å². The van der Waals surface area contributed by atoms with Gasteiger partial charge < -0.3 is 10.4 Å². The molecule has 1 aliphatic heterocycles. The van der Waals surface area contributed by atoms with Crippen molar-refractivity contribution in [2.24, 2.45) is 11.8 Å². The summed E-state index contributed by atoms with van der Waals surface area (Å²) in [5, 5.41) is 11.6. The molecule has 1 rings (SSSR count). The highest BCUT2D eigenvalue weighted by atomic mass is 16.4. The summed E-state index contributed by atoms with van der Waals surface area (Å²) in [6.45, 7) is 5.75. The van der Waals surface area contributed by atoms with E-state index in [1.54, 1.807) is 0 Å². The normalized spacial score (nSPS) is 22.6. The monoisotopic (exact) mass is 280 g/mol. The van der Waals surface area contributed by atoms with Gasteiger partial charge in [-0.3, -0.25) is 14.5 Å². The molecule has 0 aromatic carbocycles. The lowest BCUT2D eigenvalue weighted by molar-refractivity contribution is -0.139. The fourth-order valence-electron chi connectivity index (χ4n) is 2.75. The van der Waals surface area contributed by atoms with Gasteiger partial charge in [-0.15, -0.1) is 6.42 Å². The first-order valence-electron chi connectivity index (χ1n) is 7.12. The molecule has 1 fully saturated rings. The quantitative estimate of drug-likeness (QED) is 0.711. The van der Waals surface area contributed by atoms with Gasteiger partial charge in [0.15, 0.2) is 0 Å². The van der Waals surface area contributed by atoms with Crippen LogP contribution < -0.4 is 5.32 Å². The lowest BCUT2D eigenvalue weighted by Gasteiger charge is -2.38. The molecule has 112 valence electrons. The predicted molar refractivity (Wildman–Crippen MR) is 77.0 cm³/mol. The van der Waals surface area contributed by atoms with Gasteiger partial charge in [0.05, 0.1) is 12.6 Å². The van der Waals surface area contributed by atoms with Gasteiger partial charge in [0.2, 0.25) is 5.91 Å². The van der Waals surface area contributed by atoms with E-state index in [1.807, 2.05) is 13.8 Å². The summed E-state index contributed by atoms with van der Waals surface area (Å²) in [6.07, 6.45) is 7.35. The number of nitrogens with one attached hydrogen (secondary N) is 1. The van der Waals surface area contributed by atoms with Crippen LogP contribution in [0.4, 0.5) is 0 Å². The molecule has 1 amide bonds. The fourth-order valence-corrected chi connectivity index (χ4v) is 2.75. The van der Waals surface area contributed by atoms with E-state index in [4.69, 9.17) is 11.5 Å². The fraction of sp³-hybridized carbons (Fsp3) is 0.733. The van der Waals surface area contributed by atoms with E-state index in [1.165, 1.54) is 0 Å². The lowest BCUT2D eigenvalue weighted by atomic mass is 9.84. The molecule has 0 aromatic rings. The van der Waals surface area contributed by atoms with Gasteiger partial charge in [-0.2, -0.15) is 0 Å². The molecular formula is C15H24N2O3. The zero-order chi connectivity index (χ0) is 15.1. The van der Waals surface area contributed by atoms with Crippen LogP contribution >= 0.6 is 0 Å². The molecule has 5 heteroatoms. The first-order chi connectivity index (χ1) is 9.45. The molecule has 1 aliphatic rings. The SMILES string of the molecule is C#CCNC(=O)C(C)N1CCCC(C(C)CC(=O)O)C1. The third-order valence-corrected chi connectivity index (χ3v) is 4.08. The van der Waals surface area contributed by atoms with Crippen LogP contribution in [0.1, 0.15) is 33.1 Å². The van der Waals surface area contributed by atoms with E-state index in [0.29, 0.717) is 5.92 Å². The molecule has 2 N–H and O–H groups in total. The number of piperidine rings is 1. The second-order valence-electron chi connectivity index (χ2n) is 5.57. The van der Waals surface area contributed by atoms with Crippen molar-refractivity contribution in [1.82, 2.24) is 10.2 Å². The van der Waals surface area contributed by atoms with Crippen LogP contribution in [0.2, 0.25) is 0 Å². The second-order valence-corrected chi connectivity index (χ2v) is 5.57. The van der Waals surface area contributed by atoms with Gasteiger partial charge in [0.1, 0.15) is 0 Å². The maximum atomic E-state index is 11.9. The van der Waals surface area contributed by atoms with Gasteiger partial charge in [0, 0.05) is 13.0 Å². The van der Waals surface area contributed by atoms with E-state index in [2.05, 4.69) is 16.1 Å². The topological polar surface area (TPSA) is 69.6 Å². The van der Waals surface area contributed by atoms with Crippen molar-refractivity contribution in [3.8, 4) is 12.3 Å². The molecule has 0 aromatic heterocycles. The minimum absolute atomic E-state index is 0.0607. The van der Waals surface area contributed by atoms with Crippen molar-refractivity contribution in [1.29, 1.82) is 0 Å². The van der Waals surface area contributed by atoms with E-state index >= 15 is 0 Å². The van der Waals surface area contributed by atoms with Gasteiger partial charge in [-0.25, -0.2) is 0 Å². The van der Waals surface area contributed by atoms with Crippen LogP contribution in [0.15, 0.2) is 0 Å². The van der Waals surface area contributed by atoms with Crippen LogP contribution in [-0.4, -0.2) is 47.6 Å². The third kappa shape index (κ3) is 4.86. The summed E-state index contributed by atoms with van der Waals surface area (Å²) < 4.78 is 0. The van der Waals surface area contributed by atoms with E-state index in [-0.39, 0.29) is 30.8 Å². The van der Waals surface area contributed by atoms with E-state index in [0.717, 1.165) is 25.9 Å². The molecule has 0 aliphatic carbocycles. The van der Waals surface area contributed by atoms with Crippen LogP contribution in [-0.2, 0) is 9.59 Å². The molecule has 20 heavy (non-hydrogen) atoms. The number of rotatable bonds is 6. The number of carboxylic acid groups (broad SMARTS) is 1. The largest absolute Gasteiger partial charge is 0.481 e. The van der Waals surface area contributed by atoms with Crippen LogP contribution in [0, 0.1) is 24.2 Å². The van der Waals surface area contributed by atoms with E-state index < -0.39 is 5.97 Å². The van der Waals surface area contributed by atoms with Gasteiger partial charge in [0.25, 0.3) is 0 Å². The summed E-state index contributed by atoms with van der Waals surface area (Å²) in [7, 11) is 0. The number of likely N-dealkylation sites (tertiary alicyclic amines) is 1. The van der Waals surface area contributed by atoms with Gasteiger partial charge in [-0.05, 0) is 38.1 Å². The molecule has 0 spiro atoms. The molecule has 5 nitrogen and oxygen atoms in total. The predicted octanol–water partition coefficient (Wildman–Crippen LogP) is 0.947. The Labute approximate surface area is 120 Å². The average Bonchev–Trinajstić information content (AvgIpc) is 2.43. The molecule has 3 atom stereocenters. The smallest absolute Gasteiger partial charge is 0.303 e. The zero-order valence-corrected chi connectivity index (χ0v) is 12.3. The average molecular weight is 280 g/mol. The van der Waals surface area contributed by atoms with E-state index in [9.17, 15) is 9.59 Å². The number of carbonyl (C=O) groups excluding carboxylic acids is 1. The Balaban J connectivity index is 2.53.